The number of nitrogens with one attached hydrogen (secondary N) is 2. The molecule has 8 nitrogen and oxygen atoms in total. The molecule has 0 bridgehead atoms. The molecule has 0 spiro atoms. The van der Waals surface area contributed by atoms with Gasteiger partial charge in [-0.3, -0.25) is 19.4 Å². The SMILES string of the molecule is Cn1cc(C(=O)Nc2ccc3[nH]nc(C(N)=O)c3c2)cn1. The number of nitrogens with zero attached hydrogens (tertiary/aromatic N) is 3. The van der Waals surface area contributed by atoms with Gasteiger partial charge in [-0.2, -0.15) is 10.2 Å². The van der Waals surface area contributed by atoms with E-state index in [1.165, 1.54) is 6.20 Å². The van der Waals surface area contributed by atoms with E-state index in [9.17, 15) is 9.59 Å². The van der Waals surface area contributed by atoms with E-state index in [1.807, 2.05) is 0 Å². The molecule has 0 aliphatic carbocycles. The van der Waals surface area contributed by atoms with Crippen LogP contribution in [0.15, 0.2) is 30.6 Å². The van der Waals surface area contributed by atoms with Gasteiger partial charge in [0.2, 0.25) is 0 Å². The highest BCUT2D eigenvalue weighted by Gasteiger charge is 2.13. The van der Waals surface area contributed by atoms with Gasteiger partial charge in [-0.1, -0.05) is 0 Å². The molecule has 0 fully saturated rings. The quantitative estimate of drug-likeness (QED) is 0.654. The topological polar surface area (TPSA) is 119 Å². The predicted molar refractivity (Wildman–Crippen MR) is 75.8 cm³/mol. The summed E-state index contributed by atoms with van der Waals surface area (Å²) in [7, 11) is 1.73. The van der Waals surface area contributed by atoms with Crippen LogP contribution in [0.5, 0.6) is 0 Å². The number of aromatic nitrogens is 4. The van der Waals surface area contributed by atoms with Gasteiger partial charge in [-0.25, -0.2) is 0 Å². The van der Waals surface area contributed by atoms with Crippen molar-refractivity contribution in [3.8, 4) is 0 Å². The number of rotatable bonds is 3. The molecule has 0 aliphatic heterocycles. The number of fused-ring (bicyclic) bond motifs is 1. The third-order valence-electron chi connectivity index (χ3n) is 3.02. The number of aromatic amines is 1. The molecule has 2 amide bonds. The number of primary amides is 1. The number of hydrogen-bond donors (Lipinski definition) is 3. The fourth-order valence-corrected chi connectivity index (χ4v) is 2.02. The molecular weight excluding hydrogens is 272 g/mol. The van der Waals surface area contributed by atoms with Crippen LogP contribution in [-0.4, -0.2) is 31.8 Å². The summed E-state index contributed by atoms with van der Waals surface area (Å²) in [5.74, 6) is -0.913. The second-order valence-electron chi connectivity index (χ2n) is 4.55. The molecule has 2 aromatic heterocycles. The van der Waals surface area contributed by atoms with Gasteiger partial charge in [-0.05, 0) is 18.2 Å². The first-order chi connectivity index (χ1) is 10.0. The van der Waals surface area contributed by atoms with Crippen LogP contribution in [0.25, 0.3) is 10.9 Å². The largest absolute Gasteiger partial charge is 0.364 e. The second kappa shape index (κ2) is 4.75. The predicted octanol–water partition coefficient (Wildman–Crippen LogP) is 0.648. The van der Waals surface area contributed by atoms with Crippen molar-refractivity contribution in [2.24, 2.45) is 12.8 Å². The van der Waals surface area contributed by atoms with Gasteiger partial charge >= 0.3 is 0 Å². The molecule has 0 unspecified atom stereocenters. The van der Waals surface area contributed by atoms with Gasteiger partial charge in [0.15, 0.2) is 5.69 Å². The van der Waals surface area contributed by atoms with Gasteiger partial charge in [0.1, 0.15) is 0 Å². The van der Waals surface area contributed by atoms with Crippen LogP contribution in [0, 0.1) is 0 Å². The van der Waals surface area contributed by atoms with Crippen molar-refractivity contribution in [2.45, 2.75) is 0 Å². The fraction of sp³-hybridized carbons (Fsp3) is 0.0769. The first kappa shape index (κ1) is 12.9. The van der Waals surface area contributed by atoms with Crippen molar-refractivity contribution >= 4 is 28.4 Å². The molecule has 8 heteroatoms. The van der Waals surface area contributed by atoms with Crippen molar-refractivity contribution in [2.75, 3.05) is 5.32 Å². The van der Waals surface area contributed by atoms with Gasteiger partial charge < -0.3 is 11.1 Å². The molecule has 21 heavy (non-hydrogen) atoms. The Morgan fingerprint density at radius 1 is 1.38 bits per heavy atom. The summed E-state index contributed by atoms with van der Waals surface area (Å²) >= 11 is 0. The first-order valence-electron chi connectivity index (χ1n) is 6.12. The van der Waals surface area contributed by atoms with Crippen LogP contribution >= 0.6 is 0 Å². The highest BCUT2D eigenvalue weighted by atomic mass is 16.2. The standard InChI is InChI=1S/C13H12N6O2/c1-19-6-7(5-15-19)13(21)16-8-2-3-10-9(4-8)11(12(14)20)18-17-10/h2-6H,1H3,(H2,14,20)(H,16,21)(H,17,18). The number of H-pyrrole nitrogens is 1. The van der Waals surface area contributed by atoms with E-state index < -0.39 is 5.91 Å². The minimum atomic E-state index is -0.628. The van der Waals surface area contributed by atoms with E-state index in [0.717, 1.165) is 0 Å². The third-order valence-corrected chi connectivity index (χ3v) is 3.02. The Bertz CT molecular complexity index is 847. The Hall–Kier alpha value is -3.16. The maximum absolute atomic E-state index is 12.0. The normalized spacial score (nSPS) is 10.7. The maximum atomic E-state index is 12.0. The second-order valence-corrected chi connectivity index (χ2v) is 4.55. The molecule has 0 saturated heterocycles. The fourth-order valence-electron chi connectivity index (χ4n) is 2.02. The lowest BCUT2D eigenvalue weighted by molar-refractivity contribution is 0.0995. The molecule has 3 rings (SSSR count). The Labute approximate surface area is 118 Å². The Morgan fingerprint density at radius 2 is 2.19 bits per heavy atom. The van der Waals surface area contributed by atoms with Gasteiger partial charge in [-0.15, -0.1) is 0 Å². The number of nitrogens with two attached hydrogens (primary N) is 1. The number of benzene rings is 1. The molecule has 4 N–H and O–H groups in total. The van der Waals surface area contributed by atoms with E-state index in [1.54, 1.807) is 36.1 Å². The van der Waals surface area contributed by atoms with E-state index in [-0.39, 0.29) is 11.6 Å². The van der Waals surface area contributed by atoms with Crippen molar-refractivity contribution in [1.29, 1.82) is 0 Å². The molecule has 0 atom stereocenters. The van der Waals surface area contributed by atoms with Crippen LogP contribution in [0.3, 0.4) is 0 Å². The zero-order valence-electron chi connectivity index (χ0n) is 11.1. The summed E-state index contributed by atoms with van der Waals surface area (Å²) in [6.07, 6.45) is 3.08. The minimum absolute atomic E-state index is 0.141. The first-order valence-corrected chi connectivity index (χ1v) is 6.12. The highest BCUT2D eigenvalue weighted by Crippen LogP contribution is 2.20. The average Bonchev–Trinajstić information content (AvgIpc) is 3.04. The Kier molecular flexibility index (Phi) is 2.90. The van der Waals surface area contributed by atoms with E-state index in [0.29, 0.717) is 22.2 Å². The number of hydrogen-bond acceptors (Lipinski definition) is 4. The summed E-state index contributed by atoms with van der Waals surface area (Å²) in [5, 5.41) is 13.8. The summed E-state index contributed by atoms with van der Waals surface area (Å²) in [6, 6.07) is 5.07. The average molecular weight is 284 g/mol. The number of aryl methyl sites for hydroxylation is 1. The summed E-state index contributed by atoms with van der Waals surface area (Å²) in [5.41, 5.74) is 7.05. The van der Waals surface area contributed by atoms with Crippen molar-refractivity contribution < 1.29 is 9.59 Å². The Morgan fingerprint density at radius 3 is 2.86 bits per heavy atom. The van der Waals surface area contributed by atoms with Crippen molar-refractivity contribution in [3.05, 3.63) is 41.9 Å². The molecule has 106 valence electrons. The zero-order valence-corrected chi connectivity index (χ0v) is 11.1. The Balaban J connectivity index is 1.92. The number of carbonyl (C=O) groups excluding carboxylic acids is 2. The van der Waals surface area contributed by atoms with Crippen LogP contribution in [0.2, 0.25) is 0 Å². The van der Waals surface area contributed by atoms with Gasteiger partial charge in [0, 0.05) is 24.3 Å². The third kappa shape index (κ3) is 2.34. The number of carbonyl (C=O) groups is 2. The lowest BCUT2D eigenvalue weighted by atomic mass is 10.2. The monoisotopic (exact) mass is 284 g/mol. The van der Waals surface area contributed by atoms with Crippen molar-refractivity contribution in [3.63, 3.8) is 0 Å². The van der Waals surface area contributed by atoms with E-state index >= 15 is 0 Å². The lowest BCUT2D eigenvalue weighted by Crippen LogP contribution is -2.12. The smallest absolute Gasteiger partial charge is 0.269 e. The molecule has 1 aromatic carbocycles. The lowest BCUT2D eigenvalue weighted by Gasteiger charge is -2.03. The van der Waals surface area contributed by atoms with Gasteiger partial charge in [0.05, 0.1) is 17.3 Å². The molecule has 3 aromatic rings. The summed E-state index contributed by atoms with van der Waals surface area (Å²) in [4.78, 5) is 23.3. The van der Waals surface area contributed by atoms with Gasteiger partial charge in [0.25, 0.3) is 11.8 Å². The summed E-state index contributed by atoms with van der Waals surface area (Å²) < 4.78 is 1.54. The van der Waals surface area contributed by atoms with E-state index in [4.69, 9.17) is 5.73 Å². The van der Waals surface area contributed by atoms with Crippen LogP contribution in [0.4, 0.5) is 5.69 Å². The maximum Gasteiger partial charge on any atom is 0.269 e. The van der Waals surface area contributed by atoms with Crippen LogP contribution in [0.1, 0.15) is 20.8 Å². The molecule has 0 saturated carbocycles. The zero-order chi connectivity index (χ0) is 15.0. The van der Waals surface area contributed by atoms with Crippen molar-refractivity contribution in [1.82, 2.24) is 20.0 Å². The molecule has 2 heterocycles. The minimum Gasteiger partial charge on any atom is -0.364 e. The summed E-state index contributed by atoms with van der Waals surface area (Å²) in [6.45, 7) is 0. The molecule has 0 radical (unpaired) electrons. The molecular formula is C13H12N6O2. The van der Waals surface area contributed by atoms with Crippen LogP contribution < -0.4 is 11.1 Å². The number of amides is 2. The van der Waals surface area contributed by atoms with E-state index in [2.05, 4.69) is 20.6 Å². The number of anilines is 1. The van der Waals surface area contributed by atoms with Crippen LogP contribution in [-0.2, 0) is 7.05 Å². The highest BCUT2D eigenvalue weighted by molar-refractivity contribution is 6.07. The molecule has 0 aliphatic rings.